The fraction of sp³-hybridized carbons (Fsp3) is 0.364. The standard InChI is InChI=1S/C22H24N4O3S3/c1-3-29-20(28)18-17(15-9-5-4-6-10-15)14(2)31-19(18)23-16(27)13-30-22-25-24-21(32-22)26-11-7-8-12-26/h4-6,9-10H,3,7-8,11-13H2,1-2H3,(H,23,27). The van der Waals surface area contributed by atoms with E-state index < -0.39 is 5.97 Å². The number of amides is 1. The molecule has 1 aliphatic rings. The van der Waals surface area contributed by atoms with Crippen molar-refractivity contribution in [1.82, 2.24) is 10.2 Å². The average Bonchev–Trinajstić information content (AvgIpc) is 3.53. The zero-order valence-corrected chi connectivity index (χ0v) is 20.4. The van der Waals surface area contributed by atoms with E-state index in [-0.39, 0.29) is 18.3 Å². The maximum Gasteiger partial charge on any atom is 0.341 e. The summed E-state index contributed by atoms with van der Waals surface area (Å²) in [6, 6.07) is 9.68. The lowest BCUT2D eigenvalue weighted by Gasteiger charge is -2.10. The van der Waals surface area contributed by atoms with E-state index in [0.29, 0.717) is 10.6 Å². The van der Waals surface area contributed by atoms with Crippen molar-refractivity contribution in [2.45, 2.75) is 31.0 Å². The topological polar surface area (TPSA) is 84.4 Å². The third kappa shape index (κ3) is 5.13. The number of hydrogen-bond acceptors (Lipinski definition) is 9. The summed E-state index contributed by atoms with van der Waals surface area (Å²) < 4.78 is 6.06. The van der Waals surface area contributed by atoms with Gasteiger partial charge in [-0.1, -0.05) is 53.4 Å². The summed E-state index contributed by atoms with van der Waals surface area (Å²) in [7, 11) is 0. The van der Waals surface area contributed by atoms with Gasteiger partial charge in [-0.15, -0.1) is 21.5 Å². The third-order valence-electron chi connectivity index (χ3n) is 4.98. The van der Waals surface area contributed by atoms with Gasteiger partial charge in [0.15, 0.2) is 4.34 Å². The van der Waals surface area contributed by atoms with Crippen LogP contribution in [0.5, 0.6) is 0 Å². The van der Waals surface area contributed by atoms with Gasteiger partial charge in [-0.2, -0.15) is 0 Å². The van der Waals surface area contributed by atoms with Crippen molar-refractivity contribution in [3.8, 4) is 11.1 Å². The van der Waals surface area contributed by atoms with Gasteiger partial charge in [0.2, 0.25) is 11.0 Å². The number of aryl methyl sites for hydroxylation is 1. The molecule has 1 saturated heterocycles. The Morgan fingerprint density at radius 3 is 2.62 bits per heavy atom. The molecule has 0 spiro atoms. The summed E-state index contributed by atoms with van der Waals surface area (Å²) in [4.78, 5) is 28.7. The normalized spacial score (nSPS) is 13.4. The molecule has 168 valence electrons. The van der Waals surface area contributed by atoms with Crippen LogP contribution >= 0.6 is 34.4 Å². The Bertz CT molecular complexity index is 1090. The fourth-order valence-electron chi connectivity index (χ4n) is 3.57. The van der Waals surface area contributed by atoms with Crippen LogP contribution in [-0.4, -0.2) is 47.5 Å². The molecule has 2 aromatic heterocycles. The number of benzene rings is 1. The van der Waals surface area contributed by atoms with Crippen molar-refractivity contribution in [3.05, 3.63) is 40.8 Å². The smallest absolute Gasteiger partial charge is 0.341 e. The summed E-state index contributed by atoms with van der Waals surface area (Å²) in [6.45, 7) is 6.01. The van der Waals surface area contributed by atoms with Crippen molar-refractivity contribution in [2.24, 2.45) is 0 Å². The van der Waals surface area contributed by atoms with E-state index in [1.165, 1.54) is 47.3 Å². The van der Waals surface area contributed by atoms with Crippen LogP contribution in [0.25, 0.3) is 11.1 Å². The first-order valence-corrected chi connectivity index (χ1v) is 13.1. The van der Waals surface area contributed by atoms with Crippen LogP contribution in [0.4, 0.5) is 10.1 Å². The van der Waals surface area contributed by atoms with Crippen molar-refractivity contribution in [3.63, 3.8) is 0 Å². The number of carbonyl (C=O) groups is 2. The molecule has 0 unspecified atom stereocenters. The van der Waals surface area contributed by atoms with Crippen LogP contribution in [-0.2, 0) is 9.53 Å². The second kappa shape index (κ2) is 10.5. The van der Waals surface area contributed by atoms with E-state index in [9.17, 15) is 9.59 Å². The maximum absolute atomic E-state index is 12.8. The van der Waals surface area contributed by atoms with Gasteiger partial charge in [0.1, 0.15) is 10.6 Å². The lowest BCUT2D eigenvalue weighted by Crippen LogP contribution is -2.17. The van der Waals surface area contributed by atoms with Crippen LogP contribution < -0.4 is 10.2 Å². The monoisotopic (exact) mass is 488 g/mol. The number of thioether (sulfide) groups is 1. The fourth-order valence-corrected chi connectivity index (χ4v) is 6.34. The lowest BCUT2D eigenvalue weighted by atomic mass is 10.0. The van der Waals surface area contributed by atoms with Crippen molar-refractivity contribution in [2.75, 3.05) is 35.7 Å². The Kier molecular flexibility index (Phi) is 7.44. The zero-order valence-electron chi connectivity index (χ0n) is 17.9. The highest BCUT2D eigenvalue weighted by atomic mass is 32.2. The van der Waals surface area contributed by atoms with Gasteiger partial charge in [-0.25, -0.2) is 4.79 Å². The van der Waals surface area contributed by atoms with Crippen molar-refractivity contribution in [1.29, 1.82) is 0 Å². The van der Waals surface area contributed by atoms with E-state index in [4.69, 9.17) is 4.74 Å². The molecule has 1 N–H and O–H groups in total. The summed E-state index contributed by atoms with van der Waals surface area (Å²) in [5.74, 6) is -0.438. The molecule has 3 heterocycles. The highest BCUT2D eigenvalue weighted by molar-refractivity contribution is 8.01. The number of carbonyl (C=O) groups excluding carboxylic acids is 2. The number of hydrogen-bond donors (Lipinski definition) is 1. The largest absolute Gasteiger partial charge is 0.462 e. The highest BCUT2D eigenvalue weighted by Gasteiger charge is 2.25. The number of rotatable bonds is 8. The number of esters is 1. The van der Waals surface area contributed by atoms with Gasteiger partial charge in [0.25, 0.3) is 0 Å². The molecule has 0 atom stereocenters. The lowest BCUT2D eigenvalue weighted by molar-refractivity contribution is -0.113. The Morgan fingerprint density at radius 1 is 1.16 bits per heavy atom. The Morgan fingerprint density at radius 2 is 1.91 bits per heavy atom. The Labute approximate surface area is 199 Å². The van der Waals surface area contributed by atoms with Gasteiger partial charge in [0, 0.05) is 23.5 Å². The van der Waals surface area contributed by atoms with Crippen molar-refractivity contribution < 1.29 is 14.3 Å². The molecule has 10 heteroatoms. The zero-order chi connectivity index (χ0) is 22.5. The number of nitrogens with zero attached hydrogens (tertiary/aromatic N) is 3. The van der Waals surface area contributed by atoms with Crippen LogP contribution in [0.3, 0.4) is 0 Å². The SMILES string of the molecule is CCOC(=O)c1c(NC(=O)CSc2nnc(N3CCCC3)s2)sc(C)c1-c1ccccc1. The molecule has 0 bridgehead atoms. The average molecular weight is 489 g/mol. The quantitative estimate of drug-likeness (QED) is 0.349. The summed E-state index contributed by atoms with van der Waals surface area (Å²) >= 11 is 4.25. The predicted molar refractivity (Wildman–Crippen MR) is 131 cm³/mol. The first-order valence-electron chi connectivity index (χ1n) is 10.4. The minimum Gasteiger partial charge on any atom is -0.462 e. The highest BCUT2D eigenvalue weighted by Crippen LogP contribution is 2.40. The van der Waals surface area contributed by atoms with Crippen LogP contribution in [0.2, 0.25) is 0 Å². The number of anilines is 2. The van der Waals surface area contributed by atoms with Gasteiger partial charge < -0.3 is 15.0 Å². The summed E-state index contributed by atoms with van der Waals surface area (Å²) in [6.07, 6.45) is 2.36. The first kappa shape index (κ1) is 22.8. The number of ether oxygens (including phenoxy) is 1. The van der Waals surface area contributed by atoms with Crippen LogP contribution in [0.15, 0.2) is 34.7 Å². The van der Waals surface area contributed by atoms with Crippen LogP contribution in [0.1, 0.15) is 35.0 Å². The van der Waals surface area contributed by atoms with E-state index in [0.717, 1.165) is 38.6 Å². The minimum atomic E-state index is -0.432. The van der Waals surface area contributed by atoms with Gasteiger partial charge in [-0.05, 0) is 32.3 Å². The van der Waals surface area contributed by atoms with Gasteiger partial charge >= 0.3 is 5.97 Å². The molecule has 1 fully saturated rings. The summed E-state index contributed by atoms with van der Waals surface area (Å²) in [5, 5.41) is 12.8. The Hall–Kier alpha value is -2.43. The molecule has 4 rings (SSSR count). The van der Waals surface area contributed by atoms with E-state index in [2.05, 4.69) is 20.4 Å². The van der Waals surface area contributed by atoms with E-state index in [1.807, 2.05) is 37.3 Å². The van der Waals surface area contributed by atoms with Crippen molar-refractivity contribution >= 4 is 56.4 Å². The molecule has 1 aromatic carbocycles. The molecule has 0 radical (unpaired) electrons. The minimum absolute atomic E-state index is 0.189. The van der Waals surface area contributed by atoms with Gasteiger partial charge in [-0.3, -0.25) is 4.79 Å². The van der Waals surface area contributed by atoms with E-state index in [1.54, 1.807) is 6.92 Å². The molecule has 3 aromatic rings. The molecule has 1 aliphatic heterocycles. The molecule has 1 amide bonds. The summed E-state index contributed by atoms with van der Waals surface area (Å²) in [5.41, 5.74) is 2.13. The van der Waals surface area contributed by atoms with Crippen LogP contribution in [0, 0.1) is 6.92 Å². The second-order valence-corrected chi connectivity index (χ2v) is 10.6. The second-order valence-electron chi connectivity index (χ2n) is 7.21. The van der Waals surface area contributed by atoms with Gasteiger partial charge in [0.05, 0.1) is 12.4 Å². The first-order chi connectivity index (χ1) is 15.6. The maximum atomic E-state index is 12.8. The molecule has 32 heavy (non-hydrogen) atoms. The molecule has 0 saturated carbocycles. The third-order valence-corrected chi connectivity index (χ3v) is 8.12. The number of aromatic nitrogens is 2. The molecular weight excluding hydrogens is 464 g/mol. The number of nitrogens with one attached hydrogen (secondary N) is 1. The molecule has 0 aliphatic carbocycles. The molecule has 7 nitrogen and oxygen atoms in total. The molecular formula is C22H24N4O3S3. The predicted octanol–water partition coefficient (Wildman–Crippen LogP) is 5.08. The number of thiophene rings is 1. The Balaban J connectivity index is 1.48. The van der Waals surface area contributed by atoms with E-state index >= 15 is 0 Å².